The minimum Gasteiger partial charge on any atom is -0.387 e. The van der Waals surface area contributed by atoms with E-state index in [1.54, 1.807) is 0 Å². The standard InChI is InChI=1S/C16H24ClNO/c1-11-5-3-4-6-15(11)18-10-16(19)13-7-8-14(17)12(2)9-13/h7-9,11,15-16,18-19H,3-6,10H2,1-2H3. The Morgan fingerprint density at radius 3 is 2.79 bits per heavy atom. The highest BCUT2D eigenvalue weighted by molar-refractivity contribution is 6.31. The Kier molecular flexibility index (Phi) is 5.26. The molecule has 1 aromatic carbocycles. The number of halogens is 1. The van der Waals surface area contributed by atoms with E-state index in [0.29, 0.717) is 18.5 Å². The molecule has 0 radical (unpaired) electrons. The Morgan fingerprint density at radius 1 is 1.37 bits per heavy atom. The van der Waals surface area contributed by atoms with Gasteiger partial charge < -0.3 is 10.4 Å². The number of aryl methyl sites for hydroxylation is 1. The Bertz CT molecular complexity index is 421. The molecule has 1 aliphatic rings. The summed E-state index contributed by atoms with van der Waals surface area (Å²) in [5.74, 6) is 0.716. The molecule has 0 aromatic heterocycles. The third kappa shape index (κ3) is 3.95. The van der Waals surface area contributed by atoms with Gasteiger partial charge in [-0.2, -0.15) is 0 Å². The lowest BCUT2D eigenvalue weighted by Gasteiger charge is -2.30. The van der Waals surface area contributed by atoms with E-state index in [4.69, 9.17) is 11.6 Å². The van der Waals surface area contributed by atoms with Crippen LogP contribution in [0.25, 0.3) is 0 Å². The average molecular weight is 282 g/mol. The van der Waals surface area contributed by atoms with Crippen LogP contribution < -0.4 is 5.32 Å². The van der Waals surface area contributed by atoms with Gasteiger partial charge in [-0.15, -0.1) is 0 Å². The van der Waals surface area contributed by atoms with Crippen molar-refractivity contribution in [2.75, 3.05) is 6.54 Å². The lowest BCUT2D eigenvalue weighted by molar-refractivity contribution is 0.157. The molecule has 0 aliphatic heterocycles. The molecule has 106 valence electrons. The van der Waals surface area contributed by atoms with Crippen molar-refractivity contribution < 1.29 is 5.11 Å². The van der Waals surface area contributed by atoms with Crippen LogP contribution in [0, 0.1) is 12.8 Å². The molecule has 3 atom stereocenters. The van der Waals surface area contributed by atoms with Gasteiger partial charge in [-0.25, -0.2) is 0 Å². The first-order valence-electron chi connectivity index (χ1n) is 7.25. The largest absolute Gasteiger partial charge is 0.387 e. The van der Waals surface area contributed by atoms with Gasteiger partial charge in [-0.1, -0.05) is 43.5 Å². The van der Waals surface area contributed by atoms with E-state index in [9.17, 15) is 5.11 Å². The molecule has 2 nitrogen and oxygen atoms in total. The van der Waals surface area contributed by atoms with Crippen molar-refractivity contribution in [3.63, 3.8) is 0 Å². The monoisotopic (exact) mass is 281 g/mol. The molecule has 0 saturated heterocycles. The highest BCUT2D eigenvalue weighted by Crippen LogP contribution is 2.25. The molecule has 3 heteroatoms. The fourth-order valence-corrected chi connectivity index (χ4v) is 2.99. The number of hydrogen-bond acceptors (Lipinski definition) is 2. The molecule has 2 rings (SSSR count). The summed E-state index contributed by atoms with van der Waals surface area (Å²) < 4.78 is 0. The molecule has 3 unspecified atom stereocenters. The Labute approximate surface area is 121 Å². The summed E-state index contributed by atoms with van der Waals surface area (Å²) >= 11 is 6.01. The first kappa shape index (κ1) is 14.8. The van der Waals surface area contributed by atoms with Crippen LogP contribution in [-0.2, 0) is 0 Å². The van der Waals surface area contributed by atoms with Crippen LogP contribution in [-0.4, -0.2) is 17.7 Å². The molecular formula is C16H24ClNO. The van der Waals surface area contributed by atoms with Crippen molar-refractivity contribution in [1.82, 2.24) is 5.32 Å². The van der Waals surface area contributed by atoms with Crippen molar-refractivity contribution in [2.45, 2.75) is 51.7 Å². The number of nitrogens with one attached hydrogen (secondary N) is 1. The predicted octanol–water partition coefficient (Wildman–Crippen LogP) is 3.85. The maximum Gasteiger partial charge on any atom is 0.0914 e. The summed E-state index contributed by atoms with van der Waals surface area (Å²) in [5, 5.41) is 14.5. The molecule has 19 heavy (non-hydrogen) atoms. The van der Waals surface area contributed by atoms with Crippen LogP contribution in [0.1, 0.15) is 49.8 Å². The highest BCUT2D eigenvalue weighted by atomic mass is 35.5. The van der Waals surface area contributed by atoms with Crippen LogP contribution in [0.2, 0.25) is 5.02 Å². The van der Waals surface area contributed by atoms with E-state index in [1.165, 1.54) is 25.7 Å². The second kappa shape index (κ2) is 6.74. The number of hydrogen-bond donors (Lipinski definition) is 2. The van der Waals surface area contributed by atoms with Gasteiger partial charge in [-0.3, -0.25) is 0 Å². The zero-order chi connectivity index (χ0) is 13.8. The number of rotatable bonds is 4. The van der Waals surface area contributed by atoms with Gasteiger partial charge in [0.25, 0.3) is 0 Å². The number of benzene rings is 1. The Morgan fingerprint density at radius 2 is 2.11 bits per heavy atom. The van der Waals surface area contributed by atoms with E-state index in [0.717, 1.165) is 16.1 Å². The zero-order valence-electron chi connectivity index (χ0n) is 11.8. The summed E-state index contributed by atoms with van der Waals surface area (Å²) in [6, 6.07) is 6.29. The van der Waals surface area contributed by atoms with Gasteiger partial charge in [0.2, 0.25) is 0 Å². The number of aliphatic hydroxyl groups excluding tert-OH is 1. The lowest BCUT2D eigenvalue weighted by Crippen LogP contribution is -2.39. The van der Waals surface area contributed by atoms with Crippen LogP contribution >= 0.6 is 11.6 Å². The number of aliphatic hydroxyl groups is 1. The van der Waals surface area contributed by atoms with Gasteiger partial charge in [0.05, 0.1) is 6.10 Å². The smallest absolute Gasteiger partial charge is 0.0914 e. The molecule has 1 aliphatic carbocycles. The van der Waals surface area contributed by atoms with Crippen molar-refractivity contribution >= 4 is 11.6 Å². The molecule has 0 spiro atoms. The molecular weight excluding hydrogens is 258 g/mol. The maximum absolute atomic E-state index is 10.2. The molecule has 2 N–H and O–H groups in total. The third-order valence-corrected chi connectivity index (χ3v) is 4.68. The summed E-state index contributed by atoms with van der Waals surface area (Å²) in [4.78, 5) is 0. The Hall–Kier alpha value is -0.570. The minimum atomic E-state index is -0.454. The van der Waals surface area contributed by atoms with E-state index >= 15 is 0 Å². The van der Waals surface area contributed by atoms with Gasteiger partial charge in [-0.05, 0) is 42.9 Å². The first-order valence-corrected chi connectivity index (χ1v) is 7.63. The fraction of sp³-hybridized carbons (Fsp3) is 0.625. The fourth-order valence-electron chi connectivity index (χ4n) is 2.88. The van der Waals surface area contributed by atoms with Gasteiger partial charge >= 0.3 is 0 Å². The van der Waals surface area contributed by atoms with Gasteiger partial charge in [0.15, 0.2) is 0 Å². The predicted molar refractivity (Wildman–Crippen MR) is 80.6 cm³/mol. The zero-order valence-corrected chi connectivity index (χ0v) is 12.6. The second-order valence-corrected chi connectivity index (χ2v) is 6.21. The lowest BCUT2D eigenvalue weighted by atomic mass is 9.86. The van der Waals surface area contributed by atoms with Gasteiger partial charge in [0.1, 0.15) is 0 Å². The van der Waals surface area contributed by atoms with Crippen LogP contribution in [0.4, 0.5) is 0 Å². The third-order valence-electron chi connectivity index (χ3n) is 4.25. The molecule has 1 fully saturated rings. The summed E-state index contributed by atoms with van der Waals surface area (Å²) in [6.07, 6.45) is 4.72. The quantitative estimate of drug-likeness (QED) is 0.879. The van der Waals surface area contributed by atoms with Gasteiger partial charge in [0, 0.05) is 17.6 Å². The van der Waals surface area contributed by atoms with Crippen molar-refractivity contribution in [3.8, 4) is 0 Å². The topological polar surface area (TPSA) is 32.3 Å². The van der Waals surface area contributed by atoms with Crippen LogP contribution in [0.15, 0.2) is 18.2 Å². The maximum atomic E-state index is 10.2. The molecule has 0 heterocycles. The van der Waals surface area contributed by atoms with E-state index < -0.39 is 6.10 Å². The van der Waals surface area contributed by atoms with Crippen molar-refractivity contribution in [1.29, 1.82) is 0 Å². The summed E-state index contributed by atoms with van der Waals surface area (Å²) in [5.41, 5.74) is 1.96. The molecule has 0 bridgehead atoms. The van der Waals surface area contributed by atoms with Crippen LogP contribution in [0.3, 0.4) is 0 Å². The van der Waals surface area contributed by atoms with Crippen molar-refractivity contribution in [3.05, 3.63) is 34.3 Å². The first-order chi connectivity index (χ1) is 9.08. The summed E-state index contributed by atoms with van der Waals surface area (Å²) in [6.45, 7) is 4.89. The molecule has 0 amide bonds. The Balaban J connectivity index is 1.89. The average Bonchev–Trinajstić information content (AvgIpc) is 2.40. The minimum absolute atomic E-state index is 0.454. The van der Waals surface area contributed by atoms with Crippen molar-refractivity contribution in [2.24, 2.45) is 5.92 Å². The van der Waals surface area contributed by atoms with Crippen LogP contribution in [0.5, 0.6) is 0 Å². The SMILES string of the molecule is Cc1cc(C(O)CNC2CCCCC2C)ccc1Cl. The highest BCUT2D eigenvalue weighted by Gasteiger charge is 2.21. The van der Waals surface area contributed by atoms with E-state index in [-0.39, 0.29) is 0 Å². The molecule has 1 aromatic rings. The van der Waals surface area contributed by atoms with E-state index in [2.05, 4.69) is 12.2 Å². The molecule has 1 saturated carbocycles. The second-order valence-electron chi connectivity index (χ2n) is 5.80. The normalized spacial score (nSPS) is 25.3. The summed E-state index contributed by atoms with van der Waals surface area (Å²) in [7, 11) is 0. The van der Waals surface area contributed by atoms with E-state index in [1.807, 2.05) is 25.1 Å².